The first kappa shape index (κ1) is 13.8. The number of halogens is 2. The van der Waals surface area contributed by atoms with Gasteiger partial charge in [-0.25, -0.2) is 0 Å². The molecule has 1 saturated heterocycles. The lowest BCUT2D eigenvalue weighted by molar-refractivity contribution is 0.0709. The van der Waals surface area contributed by atoms with E-state index in [2.05, 4.69) is 27.6 Å². The number of aromatic amines is 1. The van der Waals surface area contributed by atoms with Crippen molar-refractivity contribution in [2.45, 2.75) is 18.9 Å². The van der Waals surface area contributed by atoms with Gasteiger partial charge in [-0.05, 0) is 41.5 Å². The van der Waals surface area contributed by atoms with E-state index >= 15 is 0 Å². The Hall–Kier alpha value is -0.270. The Bertz CT molecular complexity index is 361. The normalized spacial score (nSPS) is 17.0. The number of nitrogens with one attached hydrogen (secondary N) is 1. The zero-order chi connectivity index (χ0) is 10.8. The highest BCUT2D eigenvalue weighted by molar-refractivity contribution is 14.1. The summed E-state index contributed by atoms with van der Waals surface area (Å²) in [4.78, 5) is 16.8. The molecular formula is C10H15ClIN3O. The summed E-state index contributed by atoms with van der Waals surface area (Å²) in [5.74, 6) is 0.0878. The van der Waals surface area contributed by atoms with E-state index in [0.29, 0.717) is 5.69 Å². The molecule has 1 aliphatic heterocycles. The van der Waals surface area contributed by atoms with Crippen molar-refractivity contribution < 1.29 is 4.79 Å². The maximum Gasteiger partial charge on any atom is 0.270 e. The van der Waals surface area contributed by atoms with Crippen LogP contribution in [0.25, 0.3) is 0 Å². The number of aromatic nitrogens is 1. The van der Waals surface area contributed by atoms with Crippen LogP contribution in [0.1, 0.15) is 23.3 Å². The van der Waals surface area contributed by atoms with Crippen molar-refractivity contribution in [2.24, 2.45) is 5.73 Å². The van der Waals surface area contributed by atoms with E-state index in [9.17, 15) is 4.79 Å². The fourth-order valence-electron chi connectivity index (χ4n) is 1.76. The number of H-pyrrole nitrogens is 1. The maximum absolute atomic E-state index is 12.0. The fourth-order valence-corrected chi connectivity index (χ4v) is 2.23. The molecule has 0 unspecified atom stereocenters. The minimum Gasteiger partial charge on any atom is -0.356 e. The van der Waals surface area contributed by atoms with Crippen LogP contribution in [0.2, 0.25) is 0 Å². The van der Waals surface area contributed by atoms with Gasteiger partial charge in [-0.3, -0.25) is 4.79 Å². The molecule has 0 saturated carbocycles. The van der Waals surface area contributed by atoms with Crippen LogP contribution in [0.4, 0.5) is 0 Å². The average molecular weight is 356 g/mol. The topological polar surface area (TPSA) is 62.1 Å². The Kier molecular flexibility index (Phi) is 5.07. The van der Waals surface area contributed by atoms with Crippen molar-refractivity contribution in [3.63, 3.8) is 0 Å². The Balaban J connectivity index is 0.00000128. The summed E-state index contributed by atoms with van der Waals surface area (Å²) in [7, 11) is 0. The minimum atomic E-state index is 0. The van der Waals surface area contributed by atoms with Gasteiger partial charge in [0.25, 0.3) is 5.91 Å². The molecule has 1 aliphatic rings. The van der Waals surface area contributed by atoms with Gasteiger partial charge in [-0.15, -0.1) is 12.4 Å². The van der Waals surface area contributed by atoms with Crippen LogP contribution in [0, 0.1) is 3.57 Å². The van der Waals surface area contributed by atoms with Crippen LogP contribution in [-0.2, 0) is 0 Å². The van der Waals surface area contributed by atoms with Crippen LogP contribution in [0.3, 0.4) is 0 Å². The number of hydrogen-bond donors (Lipinski definition) is 2. The van der Waals surface area contributed by atoms with E-state index < -0.39 is 0 Å². The number of carbonyl (C=O) groups excluding carboxylic acids is 1. The Morgan fingerprint density at radius 3 is 2.62 bits per heavy atom. The molecule has 2 rings (SSSR count). The minimum absolute atomic E-state index is 0. The molecule has 1 aromatic heterocycles. The number of amides is 1. The quantitative estimate of drug-likeness (QED) is 0.752. The van der Waals surface area contributed by atoms with E-state index in [4.69, 9.17) is 5.73 Å². The highest BCUT2D eigenvalue weighted by Gasteiger charge is 2.22. The average Bonchev–Trinajstić information content (AvgIpc) is 2.65. The first-order chi connectivity index (χ1) is 7.16. The molecule has 3 N–H and O–H groups in total. The Labute approximate surface area is 115 Å². The molecule has 0 spiro atoms. The van der Waals surface area contributed by atoms with Crippen molar-refractivity contribution in [1.29, 1.82) is 0 Å². The number of rotatable bonds is 1. The molecular weight excluding hydrogens is 340 g/mol. The smallest absolute Gasteiger partial charge is 0.270 e. The summed E-state index contributed by atoms with van der Waals surface area (Å²) in [5, 5.41) is 0. The van der Waals surface area contributed by atoms with Gasteiger partial charge >= 0.3 is 0 Å². The molecule has 2 heterocycles. The highest BCUT2D eigenvalue weighted by atomic mass is 127. The van der Waals surface area contributed by atoms with Crippen molar-refractivity contribution in [3.8, 4) is 0 Å². The predicted octanol–water partition coefficient (Wildman–Crippen LogP) is 1.60. The van der Waals surface area contributed by atoms with Gasteiger partial charge in [0.1, 0.15) is 5.69 Å². The van der Waals surface area contributed by atoms with E-state index in [1.807, 2.05) is 17.2 Å². The number of likely N-dealkylation sites (tertiary alicyclic amines) is 1. The molecule has 0 atom stereocenters. The third kappa shape index (κ3) is 3.11. The lowest BCUT2D eigenvalue weighted by atomic mass is 10.1. The summed E-state index contributed by atoms with van der Waals surface area (Å²) < 4.78 is 1.06. The van der Waals surface area contributed by atoms with Gasteiger partial charge in [-0.1, -0.05) is 0 Å². The predicted molar refractivity (Wildman–Crippen MR) is 73.9 cm³/mol. The zero-order valence-electron chi connectivity index (χ0n) is 8.78. The molecule has 1 aromatic rings. The summed E-state index contributed by atoms with van der Waals surface area (Å²) in [5.41, 5.74) is 6.47. The van der Waals surface area contributed by atoms with Crippen LogP contribution in [0.15, 0.2) is 12.3 Å². The van der Waals surface area contributed by atoms with Gasteiger partial charge in [0.2, 0.25) is 0 Å². The monoisotopic (exact) mass is 355 g/mol. The lowest BCUT2D eigenvalue weighted by Gasteiger charge is -2.29. The number of piperidine rings is 1. The molecule has 0 aromatic carbocycles. The van der Waals surface area contributed by atoms with Crippen LogP contribution in [-0.4, -0.2) is 34.9 Å². The number of nitrogens with zero attached hydrogens (tertiary/aromatic N) is 1. The van der Waals surface area contributed by atoms with E-state index in [1.54, 1.807) is 0 Å². The van der Waals surface area contributed by atoms with Gasteiger partial charge in [0, 0.05) is 28.9 Å². The van der Waals surface area contributed by atoms with E-state index in [1.165, 1.54) is 0 Å². The Morgan fingerprint density at radius 1 is 1.50 bits per heavy atom. The summed E-state index contributed by atoms with van der Waals surface area (Å²) in [6.07, 6.45) is 3.65. The molecule has 0 aliphatic carbocycles. The molecule has 90 valence electrons. The molecule has 0 bridgehead atoms. The number of hydrogen-bond acceptors (Lipinski definition) is 2. The second-order valence-corrected chi connectivity index (χ2v) is 5.11. The maximum atomic E-state index is 12.0. The van der Waals surface area contributed by atoms with Crippen LogP contribution < -0.4 is 5.73 Å². The summed E-state index contributed by atoms with van der Waals surface area (Å²) in [6.45, 7) is 1.55. The third-order valence-corrected chi connectivity index (χ3v) is 3.33. The summed E-state index contributed by atoms with van der Waals surface area (Å²) >= 11 is 2.19. The van der Waals surface area contributed by atoms with Crippen molar-refractivity contribution in [2.75, 3.05) is 13.1 Å². The second kappa shape index (κ2) is 5.88. The number of carbonyl (C=O) groups is 1. The largest absolute Gasteiger partial charge is 0.356 e. The van der Waals surface area contributed by atoms with Gasteiger partial charge in [0.15, 0.2) is 0 Å². The second-order valence-electron chi connectivity index (χ2n) is 3.86. The standard InChI is InChI=1S/C10H14IN3O.ClH/c11-7-5-9(13-6-7)10(15)14-3-1-8(12)2-4-14;/h5-6,8,13H,1-4,12H2;1H. The van der Waals surface area contributed by atoms with Gasteiger partial charge < -0.3 is 15.6 Å². The summed E-state index contributed by atoms with van der Waals surface area (Å²) in [6, 6.07) is 2.13. The third-order valence-electron chi connectivity index (χ3n) is 2.71. The molecule has 16 heavy (non-hydrogen) atoms. The highest BCUT2D eigenvalue weighted by Crippen LogP contribution is 2.13. The lowest BCUT2D eigenvalue weighted by Crippen LogP contribution is -2.42. The molecule has 1 fully saturated rings. The van der Waals surface area contributed by atoms with Crippen molar-refractivity contribution in [3.05, 3.63) is 21.5 Å². The number of nitrogens with two attached hydrogens (primary N) is 1. The molecule has 6 heteroatoms. The Morgan fingerprint density at radius 2 is 2.12 bits per heavy atom. The van der Waals surface area contributed by atoms with Crippen LogP contribution >= 0.6 is 35.0 Å². The SMILES string of the molecule is Cl.NC1CCN(C(=O)c2cc(I)c[nH]2)CC1. The first-order valence-electron chi connectivity index (χ1n) is 5.05. The molecule has 0 radical (unpaired) electrons. The van der Waals surface area contributed by atoms with Crippen molar-refractivity contribution >= 4 is 40.9 Å². The van der Waals surface area contributed by atoms with Gasteiger partial charge in [-0.2, -0.15) is 0 Å². The molecule has 4 nitrogen and oxygen atoms in total. The van der Waals surface area contributed by atoms with E-state index in [0.717, 1.165) is 29.5 Å². The zero-order valence-corrected chi connectivity index (χ0v) is 11.8. The first-order valence-corrected chi connectivity index (χ1v) is 6.13. The van der Waals surface area contributed by atoms with E-state index in [-0.39, 0.29) is 24.4 Å². The fraction of sp³-hybridized carbons (Fsp3) is 0.500. The van der Waals surface area contributed by atoms with Crippen LogP contribution in [0.5, 0.6) is 0 Å². The molecule has 1 amide bonds. The van der Waals surface area contributed by atoms with Crippen molar-refractivity contribution in [1.82, 2.24) is 9.88 Å². The van der Waals surface area contributed by atoms with Gasteiger partial charge in [0.05, 0.1) is 0 Å².